The molecule has 1 aromatic heterocycles. The van der Waals surface area contributed by atoms with Crippen molar-refractivity contribution in [1.82, 2.24) is 0 Å². The molecule has 0 bridgehead atoms. The van der Waals surface area contributed by atoms with Crippen molar-refractivity contribution in [2.24, 2.45) is 17.6 Å². The Labute approximate surface area is 222 Å². The molecule has 3 aromatic rings. The lowest BCUT2D eigenvalue weighted by Crippen LogP contribution is -2.34. The van der Waals surface area contributed by atoms with Crippen molar-refractivity contribution in [3.63, 3.8) is 0 Å². The number of hydrogen-bond donors (Lipinski definition) is 1. The Balaban J connectivity index is 1.48. The molecule has 5 rings (SSSR count). The molecule has 0 spiro atoms. The molecule has 0 radical (unpaired) electrons. The summed E-state index contributed by atoms with van der Waals surface area (Å²) < 4.78 is 5.93. The van der Waals surface area contributed by atoms with Gasteiger partial charge in [-0.3, -0.25) is 9.59 Å². The number of nitriles is 1. The van der Waals surface area contributed by atoms with Crippen molar-refractivity contribution in [3.8, 4) is 17.4 Å². The number of aryl methyl sites for hydroxylation is 1. The zero-order valence-electron chi connectivity index (χ0n) is 18.9. The Morgan fingerprint density at radius 2 is 1.83 bits per heavy atom. The first-order valence-electron chi connectivity index (χ1n) is 11.0. The molecular weight excluding hydrogens is 517 g/mol. The largest absolute Gasteiger partial charge is 0.457 e. The predicted molar refractivity (Wildman–Crippen MR) is 142 cm³/mol. The van der Waals surface area contributed by atoms with Crippen molar-refractivity contribution in [1.29, 1.82) is 5.26 Å². The zero-order chi connectivity index (χ0) is 25.6. The molecule has 2 amide bonds. The van der Waals surface area contributed by atoms with E-state index in [0.717, 1.165) is 17.3 Å². The smallest absolute Gasteiger partial charge is 0.248 e. The van der Waals surface area contributed by atoms with E-state index in [1.807, 2.05) is 19.1 Å². The van der Waals surface area contributed by atoms with Gasteiger partial charge in [0.2, 0.25) is 11.8 Å². The molecule has 2 aromatic carbocycles. The van der Waals surface area contributed by atoms with Crippen LogP contribution in [0.5, 0.6) is 0 Å². The zero-order valence-corrected chi connectivity index (χ0v) is 21.3. The second-order valence-corrected chi connectivity index (χ2v) is 10.5. The van der Waals surface area contributed by atoms with E-state index >= 15 is 0 Å². The molecule has 0 unspecified atom stereocenters. The van der Waals surface area contributed by atoms with Crippen LogP contribution in [-0.2, 0) is 9.59 Å². The fraction of sp³-hybridized carbons (Fsp3) is 0.148. The number of thioether (sulfide) groups is 1. The first-order chi connectivity index (χ1) is 17.3. The number of fused-ring (bicyclic) bond motifs is 1. The van der Waals surface area contributed by atoms with Gasteiger partial charge in [-0.2, -0.15) is 5.26 Å². The van der Waals surface area contributed by atoms with Crippen LogP contribution in [0.2, 0.25) is 10.0 Å². The van der Waals surface area contributed by atoms with Gasteiger partial charge in [0.25, 0.3) is 0 Å². The lowest BCUT2D eigenvalue weighted by Gasteiger charge is -2.28. The first kappa shape index (κ1) is 24.3. The Kier molecular flexibility index (Phi) is 6.44. The number of anilines is 1. The van der Waals surface area contributed by atoms with E-state index in [0.29, 0.717) is 32.8 Å². The number of hydrogen-bond acceptors (Lipinski definition) is 6. The van der Waals surface area contributed by atoms with E-state index in [1.54, 1.807) is 54.6 Å². The number of nitrogens with two attached hydrogens (primary N) is 1. The summed E-state index contributed by atoms with van der Waals surface area (Å²) in [5.74, 6) is -1.10. The SMILES string of the molecule is Cc1ccc(N2C(=O)[C@@H]3[C@H](SC(N)=C(C#N)[C@@H]3/C=C/c3ccc(-c4ccc(Cl)cc4Cl)o3)C2=O)cc1. The van der Waals surface area contributed by atoms with Crippen molar-refractivity contribution < 1.29 is 14.0 Å². The molecule has 0 aliphatic carbocycles. The van der Waals surface area contributed by atoms with Crippen LogP contribution in [0.4, 0.5) is 5.69 Å². The van der Waals surface area contributed by atoms with Gasteiger partial charge in [-0.1, -0.05) is 58.7 Å². The number of imide groups is 1. The predicted octanol–water partition coefficient (Wildman–Crippen LogP) is 6.19. The summed E-state index contributed by atoms with van der Waals surface area (Å²) in [5, 5.41) is 10.3. The molecule has 3 atom stereocenters. The van der Waals surface area contributed by atoms with E-state index in [-0.39, 0.29) is 22.4 Å². The average Bonchev–Trinajstić information content (AvgIpc) is 3.40. The summed E-state index contributed by atoms with van der Waals surface area (Å²) in [6.07, 6.45) is 3.39. The van der Waals surface area contributed by atoms with Gasteiger partial charge in [-0.15, -0.1) is 0 Å². The minimum atomic E-state index is -0.762. The number of nitrogens with zero attached hydrogens (tertiary/aromatic N) is 2. The topological polar surface area (TPSA) is 100 Å². The fourth-order valence-corrected chi connectivity index (χ4v) is 6.17. The van der Waals surface area contributed by atoms with Crippen LogP contribution in [0, 0.1) is 30.1 Å². The maximum absolute atomic E-state index is 13.5. The molecule has 0 saturated carbocycles. The lowest BCUT2D eigenvalue weighted by atomic mass is 9.84. The molecule has 36 heavy (non-hydrogen) atoms. The second-order valence-electron chi connectivity index (χ2n) is 8.51. The summed E-state index contributed by atoms with van der Waals surface area (Å²) in [4.78, 5) is 28.0. The third-order valence-corrected chi connectivity index (χ3v) is 8.01. The van der Waals surface area contributed by atoms with Crippen LogP contribution in [0.1, 0.15) is 11.3 Å². The normalized spacial score (nSPS) is 21.8. The average molecular weight is 536 g/mol. The Morgan fingerprint density at radius 3 is 2.53 bits per heavy atom. The quantitative estimate of drug-likeness (QED) is 0.399. The van der Waals surface area contributed by atoms with Gasteiger partial charge in [0.1, 0.15) is 16.8 Å². The van der Waals surface area contributed by atoms with E-state index in [4.69, 9.17) is 33.4 Å². The van der Waals surface area contributed by atoms with Crippen LogP contribution >= 0.6 is 35.0 Å². The second kappa shape index (κ2) is 9.55. The number of halogens is 2. The number of allylic oxidation sites excluding steroid dienone is 2. The Morgan fingerprint density at radius 1 is 1.08 bits per heavy atom. The summed E-state index contributed by atoms with van der Waals surface area (Å²) in [6.45, 7) is 1.93. The summed E-state index contributed by atoms with van der Waals surface area (Å²) in [5.41, 5.74) is 8.64. The highest BCUT2D eigenvalue weighted by molar-refractivity contribution is 8.04. The minimum Gasteiger partial charge on any atom is -0.457 e. The number of amides is 2. The van der Waals surface area contributed by atoms with Crippen LogP contribution in [-0.4, -0.2) is 17.1 Å². The van der Waals surface area contributed by atoms with Crippen molar-refractivity contribution in [2.45, 2.75) is 12.2 Å². The van der Waals surface area contributed by atoms with Gasteiger partial charge in [-0.25, -0.2) is 4.90 Å². The molecule has 1 fully saturated rings. The summed E-state index contributed by atoms with van der Waals surface area (Å²) in [7, 11) is 0. The third kappa shape index (κ3) is 4.22. The minimum absolute atomic E-state index is 0.244. The van der Waals surface area contributed by atoms with Crippen molar-refractivity contribution in [3.05, 3.63) is 92.6 Å². The van der Waals surface area contributed by atoms with Gasteiger partial charge in [0.05, 0.1) is 33.3 Å². The Bertz CT molecular complexity index is 1490. The van der Waals surface area contributed by atoms with E-state index in [9.17, 15) is 14.9 Å². The number of carbonyl (C=O) groups is 2. The van der Waals surface area contributed by atoms with E-state index in [2.05, 4.69) is 6.07 Å². The molecule has 6 nitrogen and oxygen atoms in total. The van der Waals surface area contributed by atoms with Gasteiger partial charge in [0, 0.05) is 16.5 Å². The van der Waals surface area contributed by atoms with Crippen molar-refractivity contribution >= 4 is 58.5 Å². The third-order valence-electron chi connectivity index (χ3n) is 6.24. The van der Waals surface area contributed by atoms with Gasteiger partial charge >= 0.3 is 0 Å². The maximum atomic E-state index is 13.5. The summed E-state index contributed by atoms with van der Waals surface area (Å²) in [6, 6.07) is 17.9. The van der Waals surface area contributed by atoms with Gasteiger partial charge in [-0.05, 0) is 55.5 Å². The molecule has 3 heterocycles. The van der Waals surface area contributed by atoms with Gasteiger partial charge < -0.3 is 10.2 Å². The number of carbonyl (C=O) groups excluding carboxylic acids is 2. The molecule has 2 N–H and O–H groups in total. The standard InChI is InChI=1S/C27H19Cl2N3O3S/c1-14-2-5-16(6-3-14)32-26(33)23-18(20(13-30)25(31)36-24(23)27(32)34)10-7-17-8-11-22(35-17)19-9-4-15(28)12-21(19)29/h2-12,18,23-24H,31H2,1H3/b10-7+/t18-,23-,24-/m0/s1. The summed E-state index contributed by atoms with van der Waals surface area (Å²) >= 11 is 13.4. The van der Waals surface area contributed by atoms with Gasteiger partial charge in [0.15, 0.2) is 0 Å². The molecule has 180 valence electrons. The van der Waals surface area contributed by atoms with Crippen molar-refractivity contribution in [2.75, 3.05) is 4.90 Å². The molecule has 9 heteroatoms. The van der Waals surface area contributed by atoms with Crippen LogP contribution < -0.4 is 10.6 Å². The Hall–Kier alpha value is -3.44. The fourth-order valence-electron chi connectivity index (χ4n) is 4.45. The van der Waals surface area contributed by atoms with Crippen LogP contribution in [0.25, 0.3) is 17.4 Å². The maximum Gasteiger partial charge on any atom is 0.248 e. The van der Waals surface area contributed by atoms with E-state index < -0.39 is 17.1 Å². The number of benzene rings is 2. The number of furan rings is 1. The monoisotopic (exact) mass is 535 g/mol. The molecule has 2 aliphatic rings. The molecule has 1 saturated heterocycles. The highest BCUT2D eigenvalue weighted by Gasteiger charge is 2.55. The highest BCUT2D eigenvalue weighted by atomic mass is 35.5. The lowest BCUT2D eigenvalue weighted by molar-refractivity contribution is -0.122. The first-order valence-corrected chi connectivity index (χ1v) is 12.7. The van der Waals surface area contributed by atoms with Crippen LogP contribution in [0.15, 0.2) is 75.7 Å². The molecule has 2 aliphatic heterocycles. The molecular formula is C27H19Cl2N3O3S. The number of rotatable bonds is 4. The van der Waals surface area contributed by atoms with E-state index in [1.165, 1.54) is 4.90 Å². The highest BCUT2D eigenvalue weighted by Crippen LogP contribution is 2.47. The van der Waals surface area contributed by atoms with Crippen LogP contribution in [0.3, 0.4) is 0 Å².